The van der Waals surface area contributed by atoms with Gasteiger partial charge in [-0.15, -0.1) is 11.3 Å². The van der Waals surface area contributed by atoms with E-state index in [0.717, 1.165) is 41.2 Å². The number of anilines is 3. The largest absolute Gasteiger partial charge is 0.493 e. The quantitative estimate of drug-likeness (QED) is 0.0978. The zero-order chi connectivity index (χ0) is 50.4. The van der Waals surface area contributed by atoms with Gasteiger partial charge in [-0.05, 0) is 74.8 Å². The molecule has 19 nitrogen and oxygen atoms in total. The van der Waals surface area contributed by atoms with Crippen molar-refractivity contribution < 1.29 is 38.1 Å². The number of thiazole rings is 2. The van der Waals surface area contributed by atoms with Crippen molar-refractivity contribution in [3.63, 3.8) is 0 Å². The minimum atomic E-state index is -1.98. The zero-order valence-electron chi connectivity index (χ0n) is 41.4. The van der Waals surface area contributed by atoms with E-state index >= 15 is 0 Å². The monoisotopic (exact) mass is 1020 g/mol. The van der Waals surface area contributed by atoms with E-state index in [9.17, 15) is 28.7 Å². The highest BCUT2D eigenvalue weighted by Gasteiger charge is 2.56. The van der Waals surface area contributed by atoms with Crippen molar-refractivity contribution >= 4 is 64.1 Å². The van der Waals surface area contributed by atoms with Crippen LogP contribution >= 0.6 is 22.7 Å². The van der Waals surface area contributed by atoms with Crippen LogP contribution in [0.25, 0.3) is 10.4 Å². The van der Waals surface area contributed by atoms with E-state index in [4.69, 9.17) is 24.4 Å². The molecule has 5 aliphatic rings. The molecule has 382 valence electrons. The fourth-order valence-electron chi connectivity index (χ4n) is 9.90. The maximum absolute atomic E-state index is 14.7. The Labute approximate surface area is 421 Å². The molecule has 5 fully saturated rings. The van der Waals surface area contributed by atoms with E-state index in [0.29, 0.717) is 79.3 Å². The van der Waals surface area contributed by atoms with Crippen LogP contribution in [-0.2, 0) is 25.7 Å². The Balaban J connectivity index is 0.843. The molecular formula is C49H65FN12O7S2. The second kappa shape index (κ2) is 20.4. The van der Waals surface area contributed by atoms with Gasteiger partial charge in [0.05, 0.1) is 41.9 Å². The normalized spacial score (nSPS) is 22.7. The van der Waals surface area contributed by atoms with Gasteiger partial charge in [-0.3, -0.25) is 19.2 Å². The van der Waals surface area contributed by atoms with Gasteiger partial charge in [0.2, 0.25) is 35.6 Å². The molecular weight excluding hydrogens is 952 g/mol. The number of piperidine rings is 1. The number of likely N-dealkylation sites (tertiary alicyclic amines) is 1. The molecule has 2 aliphatic carbocycles. The van der Waals surface area contributed by atoms with Crippen LogP contribution in [0.2, 0.25) is 0 Å². The van der Waals surface area contributed by atoms with Crippen molar-refractivity contribution in [3.05, 3.63) is 46.5 Å². The number of nitrogens with one attached hydrogen (secondary N) is 3. The fraction of sp³-hybridized carbons (Fsp3) is 0.612. The summed E-state index contributed by atoms with van der Waals surface area (Å²) in [6.07, 6.45) is 1.83. The lowest BCUT2D eigenvalue weighted by Gasteiger charge is -2.39. The first-order chi connectivity index (χ1) is 33.8. The van der Waals surface area contributed by atoms with Crippen LogP contribution in [0.5, 0.6) is 10.9 Å². The molecule has 1 aromatic carbocycles. The van der Waals surface area contributed by atoms with Gasteiger partial charge >= 0.3 is 0 Å². The number of carbonyl (C=O) groups excluding carboxylic acids is 4. The van der Waals surface area contributed by atoms with E-state index in [1.807, 2.05) is 36.0 Å². The first-order valence-electron chi connectivity index (χ1n) is 24.6. The number of hydrogen-bond acceptors (Lipinski definition) is 17. The van der Waals surface area contributed by atoms with Crippen molar-refractivity contribution in [1.82, 2.24) is 45.8 Å². The molecule has 0 bridgehead atoms. The topological polar surface area (TPSA) is 220 Å². The average molecular weight is 1020 g/mol. The van der Waals surface area contributed by atoms with Crippen molar-refractivity contribution in [2.24, 2.45) is 23.2 Å². The number of aliphatic hydroxyl groups excluding tert-OH is 1. The summed E-state index contributed by atoms with van der Waals surface area (Å²) < 4.78 is 27.4. The molecule has 0 spiro atoms. The van der Waals surface area contributed by atoms with E-state index in [1.165, 1.54) is 34.5 Å². The Morgan fingerprint density at radius 3 is 2.32 bits per heavy atom. The first kappa shape index (κ1) is 50.2. The van der Waals surface area contributed by atoms with E-state index in [-0.39, 0.29) is 50.4 Å². The second-order valence-corrected chi connectivity index (χ2v) is 22.6. The van der Waals surface area contributed by atoms with Crippen LogP contribution in [0.3, 0.4) is 0 Å². The lowest BCUT2D eigenvalue weighted by atomic mass is 9.85. The number of β-amino-alcohol motifs (C(OH)–C–C–N with tert-alkyl or cyclic N) is 1. The number of rotatable bonds is 20. The number of ether oxygens (including phenoxy) is 2. The van der Waals surface area contributed by atoms with Gasteiger partial charge < -0.3 is 50.1 Å². The molecule has 2 saturated carbocycles. The van der Waals surface area contributed by atoms with E-state index in [2.05, 4.69) is 54.5 Å². The van der Waals surface area contributed by atoms with Crippen LogP contribution in [0, 0.1) is 30.1 Å². The summed E-state index contributed by atoms with van der Waals surface area (Å²) in [5.74, 6) is 1.85. The highest BCUT2D eigenvalue weighted by Crippen LogP contribution is 2.54. The Kier molecular flexibility index (Phi) is 14.4. The summed E-state index contributed by atoms with van der Waals surface area (Å²) in [5.41, 5.74) is 1.64. The number of amides is 4. The third-order valence-corrected chi connectivity index (χ3v) is 15.9. The smallest absolute Gasteiger partial charge is 0.273 e. The summed E-state index contributed by atoms with van der Waals surface area (Å²) in [6, 6.07) is 3.88. The van der Waals surface area contributed by atoms with Crippen LogP contribution in [0.15, 0.2) is 35.3 Å². The molecule has 4 N–H and O–H groups in total. The Hall–Kier alpha value is -5.74. The molecule has 6 heterocycles. The standard InChI is InChI=1S/C49H65FN12O7S2/c1-27(2)61(15-13-51-29(4)63)46-57-44(59-22-33(23-59)69-47-52-14-17-70-47)56-45(58-46)60-24-35-34(36(35)25-60)10-16-68-38-18-30(39-28(3)54-26-71-39)8-9-31(38)20-53-41(65)37-19-32(64)21-62(37)42(66)40(48(5,6)7)55-43(67)49(50)11-12-49/h8-9,14,17-18,26-27,32-37,40,64H,10-13,15-16,19-25H2,1-7H3,(H,51,63)(H,53,65)(H,55,67)/t32-,34?,35-,36+,37+,40-/m1/s1. The number of aromatic nitrogens is 5. The summed E-state index contributed by atoms with van der Waals surface area (Å²) in [6.45, 7) is 17.3. The van der Waals surface area contributed by atoms with Gasteiger partial charge in [-0.25, -0.2) is 14.4 Å². The Bertz CT molecular complexity index is 2570. The summed E-state index contributed by atoms with van der Waals surface area (Å²) >= 11 is 3.00. The van der Waals surface area contributed by atoms with Crippen molar-refractivity contribution in [2.45, 2.75) is 117 Å². The molecule has 22 heteroatoms. The molecule has 3 aromatic heterocycles. The number of aliphatic hydroxyl groups is 1. The zero-order valence-corrected chi connectivity index (χ0v) is 43.0. The Morgan fingerprint density at radius 2 is 1.70 bits per heavy atom. The molecule has 3 saturated heterocycles. The predicted molar refractivity (Wildman–Crippen MR) is 267 cm³/mol. The number of fused-ring (bicyclic) bond motifs is 1. The maximum Gasteiger partial charge on any atom is 0.273 e. The van der Waals surface area contributed by atoms with Gasteiger partial charge in [-0.2, -0.15) is 15.0 Å². The molecule has 1 unspecified atom stereocenters. The molecule has 3 aliphatic heterocycles. The number of halogens is 1. The Morgan fingerprint density at radius 1 is 0.986 bits per heavy atom. The van der Waals surface area contributed by atoms with Crippen molar-refractivity contribution in [1.29, 1.82) is 0 Å². The third-order valence-electron chi connectivity index (χ3n) is 14.3. The predicted octanol–water partition coefficient (Wildman–Crippen LogP) is 4.14. The third kappa shape index (κ3) is 11.3. The summed E-state index contributed by atoms with van der Waals surface area (Å²) in [5, 5.41) is 21.8. The molecule has 0 radical (unpaired) electrons. The minimum Gasteiger partial charge on any atom is -0.493 e. The van der Waals surface area contributed by atoms with Crippen LogP contribution in [0.4, 0.5) is 22.2 Å². The molecule has 71 heavy (non-hydrogen) atoms. The lowest BCUT2D eigenvalue weighted by molar-refractivity contribution is -0.145. The second-order valence-electron chi connectivity index (χ2n) is 20.9. The molecule has 4 amide bonds. The molecule has 9 rings (SSSR count). The summed E-state index contributed by atoms with van der Waals surface area (Å²) in [4.78, 5) is 84.9. The number of hydrogen-bond donors (Lipinski definition) is 4. The lowest BCUT2D eigenvalue weighted by Crippen LogP contribution is -2.59. The molecule has 4 aromatic rings. The van der Waals surface area contributed by atoms with E-state index in [1.54, 1.807) is 27.0 Å². The van der Waals surface area contributed by atoms with Crippen LogP contribution in [0.1, 0.15) is 78.5 Å². The summed E-state index contributed by atoms with van der Waals surface area (Å²) in [7, 11) is 0. The number of alkyl halides is 1. The number of carbonyl (C=O) groups is 4. The first-order valence-corrected chi connectivity index (χ1v) is 26.4. The average Bonchev–Trinajstić information content (AvgIpc) is 3.74. The highest BCUT2D eigenvalue weighted by molar-refractivity contribution is 7.13. The molecule has 6 atom stereocenters. The SMILES string of the molecule is CC(=O)NCCN(c1nc(N2CC(Oc3nccs3)C2)nc(N2C[C@@H]3C(CCOc4cc(-c5scnc5C)ccc4CNC(=O)[C@@H]4C[C@@H](O)CN4C(=O)[C@@H](NC(=O)C4(F)CC4)C(C)(C)C)[C@@H]3C2)n1)C(C)C. The van der Waals surface area contributed by atoms with Gasteiger partial charge in [0.15, 0.2) is 5.67 Å². The van der Waals surface area contributed by atoms with E-state index < -0.39 is 47.0 Å². The van der Waals surface area contributed by atoms with Gasteiger partial charge in [-0.1, -0.05) is 44.2 Å². The van der Waals surface area contributed by atoms with Crippen LogP contribution in [-0.4, -0.2) is 147 Å². The fourth-order valence-corrected chi connectivity index (χ4v) is 11.3. The highest BCUT2D eigenvalue weighted by atomic mass is 32.1. The van der Waals surface area contributed by atoms with Crippen LogP contribution < -0.4 is 40.1 Å². The minimum absolute atomic E-state index is 0.0213. The number of nitrogens with zero attached hydrogens (tertiary/aromatic N) is 9. The maximum atomic E-state index is 14.7. The number of aryl methyl sites for hydroxylation is 1. The van der Waals surface area contributed by atoms with Crippen molar-refractivity contribution in [2.75, 3.05) is 67.1 Å². The van der Waals surface area contributed by atoms with Gasteiger partial charge in [0.25, 0.3) is 11.1 Å². The van der Waals surface area contributed by atoms with Gasteiger partial charge in [0, 0.05) is 75.8 Å². The van der Waals surface area contributed by atoms with Crippen molar-refractivity contribution in [3.8, 4) is 21.4 Å². The van der Waals surface area contributed by atoms with Gasteiger partial charge in [0.1, 0.15) is 23.9 Å². The number of benzene rings is 1.